The Hall–Kier alpha value is -5.80. The van der Waals surface area contributed by atoms with Crippen LogP contribution in [0.15, 0.2) is 160 Å². The van der Waals surface area contributed by atoms with Gasteiger partial charge < -0.3 is 13.7 Å². The van der Waals surface area contributed by atoms with Crippen LogP contribution in [0.1, 0.15) is 0 Å². The van der Waals surface area contributed by atoms with E-state index in [0.29, 0.717) is 0 Å². The van der Waals surface area contributed by atoms with Crippen LogP contribution in [-0.2, 0) is 0 Å². The molecule has 2 aromatic heterocycles. The summed E-state index contributed by atoms with van der Waals surface area (Å²) >= 11 is 0. The Kier molecular flexibility index (Phi) is 5.20. The molecule has 0 amide bonds. The van der Waals surface area contributed by atoms with Crippen LogP contribution in [0.5, 0.6) is 0 Å². The van der Waals surface area contributed by atoms with Crippen LogP contribution in [-0.4, -0.2) is 0 Å². The average molecular weight is 552 g/mol. The molecule has 0 unspecified atom stereocenters. The Labute approximate surface area is 247 Å². The Balaban J connectivity index is 1.32. The second kappa shape index (κ2) is 9.37. The Bertz CT molecular complexity index is 2480. The van der Waals surface area contributed by atoms with E-state index in [9.17, 15) is 0 Å². The molecule has 9 aromatic rings. The van der Waals surface area contributed by atoms with E-state index in [4.69, 9.17) is 8.83 Å². The number of rotatable bonds is 4. The molecule has 0 spiro atoms. The van der Waals surface area contributed by atoms with Gasteiger partial charge in [0, 0.05) is 44.5 Å². The monoisotopic (exact) mass is 551 g/mol. The highest BCUT2D eigenvalue weighted by Gasteiger charge is 2.21. The molecule has 0 atom stereocenters. The lowest BCUT2D eigenvalue weighted by molar-refractivity contribution is 0.668. The van der Waals surface area contributed by atoms with E-state index in [-0.39, 0.29) is 0 Å². The van der Waals surface area contributed by atoms with Crippen molar-refractivity contribution < 1.29 is 8.83 Å². The van der Waals surface area contributed by atoms with Crippen molar-refractivity contribution >= 4 is 71.7 Å². The lowest BCUT2D eigenvalue weighted by Gasteiger charge is -2.28. The molecule has 43 heavy (non-hydrogen) atoms. The minimum absolute atomic E-state index is 0.866. The van der Waals surface area contributed by atoms with E-state index in [2.05, 4.69) is 132 Å². The number of hydrogen-bond acceptors (Lipinski definition) is 3. The molecule has 0 radical (unpaired) electrons. The zero-order valence-electron chi connectivity index (χ0n) is 23.2. The largest absolute Gasteiger partial charge is 0.456 e. The summed E-state index contributed by atoms with van der Waals surface area (Å²) in [6.45, 7) is 0. The third kappa shape index (κ3) is 3.75. The summed E-state index contributed by atoms with van der Waals surface area (Å²) in [4.78, 5) is 2.34. The van der Waals surface area contributed by atoms with Crippen LogP contribution in [0, 0.1) is 0 Å². The van der Waals surface area contributed by atoms with E-state index < -0.39 is 0 Å². The van der Waals surface area contributed by atoms with Gasteiger partial charge in [0.05, 0.1) is 5.69 Å². The molecule has 0 fully saturated rings. The summed E-state index contributed by atoms with van der Waals surface area (Å²) in [6, 6.07) is 53.2. The first-order valence-corrected chi connectivity index (χ1v) is 14.5. The van der Waals surface area contributed by atoms with Crippen LogP contribution in [0.4, 0.5) is 17.1 Å². The van der Waals surface area contributed by atoms with E-state index in [1.807, 2.05) is 24.3 Å². The van der Waals surface area contributed by atoms with Crippen molar-refractivity contribution in [1.29, 1.82) is 0 Å². The van der Waals surface area contributed by atoms with Crippen LogP contribution >= 0.6 is 0 Å². The maximum Gasteiger partial charge on any atom is 0.137 e. The van der Waals surface area contributed by atoms with E-state index >= 15 is 0 Å². The van der Waals surface area contributed by atoms with Crippen molar-refractivity contribution in [3.8, 4) is 11.1 Å². The zero-order valence-corrected chi connectivity index (χ0v) is 23.2. The smallest absolute Gasteiger partial charge is 0.137 e. The van der Waals surface area contributed by atoms with Crippen molar-refractivity contribution in [1.82, 2.24) is 0 Å². The number of hydrogen-bond donors (Lipinski definition) is 0. The normalized spacial score (nSPS) is 11.7. The molecule has 3 heteroatoms. The van der Waals surface area contributed by atoms with Gasteiger partial charge in [-0.1, -0.05) is 97.1 Å². The second-order valence-electron chi connectivity index (χ2n) is 10.9. The number of fused-ring (bicyclic) bond motifs is 7. The number of nitrogens with zero attached hydrogens (tertiary/aromatic N) is 1. The van der Waals surface area contributed by atoms with Crippen LogP contribution in [0.3, 0.4) is 0 Å². The summed E-state index contributed by atoms with van der Waals surface area (Å²) in [7, 11) is 0. The summed E-state index contributed by atoms with van der Waals surface area (Å²) < 4.78 is 12.6. The van der Waals surface area contributed by atoms with E-state index in [0.717, 1.165) is 72.1 Å². The Morgan fingerprint density at radius 3 is 1.88 bits per heavy atom. The molecule has 0 saturated carbocycles. The van der Waals surface area contributed by atoms with Gasteiger partial charge >= 0.3 is 0 Å². The van der Waals surface area contributed by atoms with Crippen molar-refractivity contribution in [2.24, 2.45) is 0 Å². The lowest BCUT2D eigenvalue weighted by Crippen LogP contribution is -2.11. The fraction of sp³-hybridized carbons (Fsp3) is 0. The third-order valence-electron chi connectivity index (χ3n) is 8.45. The maximum atomic E-state index is 6.36. The second-order valence-corrected chi connectivity index (χ2v) is 10.9. The highest BCUT2D eigenvalue weighted by atomic mass is 16.3. The molecule has 3 nitrogen and oxygen atoms in total. The maximum absolute atomic E-state index is 6.36. The zero-order chi connectivity index (χ0) is 28.3. The molecule has 0 N–H and O–H groups in total. The van der Waals surface area contributed by atoms with Gasteiger partial charge in [0.2, 0.25) is 0 Å². The van der Waals surface area contributed by atoms with Gasteiger partial charge in [-0.05, 0) is 64.9 Å². The average Bonchev–Trinajstić information content (AvgIpc) is 3.63. The molecule has 0 aliphatic rings. The van der Waals surface area contributed by atoms with Crippen LogP contribution in [0.25, 0.3) is 65.8 Å². The van der Waals surface area contributed by atoms with Gasteiger partial charge in [-0.3, -0.25) is 0 Å². The summed E-state index contributed by atoms with van der Waals surface area (Å²) in [6.07, 6.45) is 0. The summed E-state index contributed by atoms with van der Waals surface area (Å²) in [5.74, 6) is 0. The highest BCUT2D eigenvalue weighted by Crippen LogP contribution is 2.46. The molecular weight excluding hydrogens is 526 g/mol. The van der Waals surface area contributed by atoms with Gasteiger partial charge in [0.15, 0.2) is 0 Å². The Morgan fingerprint density at radius 2 is 0.977 bits per heavy atom. The molecule has 0 saturated heterocycles. The van der Waals surface area contributed by atoms with Gasteiger partial charge in [0.1, 0.15) is 22.3 Å². The number of anilines is 3. The standard InChI is InChI=1S/C40H25NO2/c1-2-11-27-24-28(21-20-26(27)10-1)41(29-22-23-32-31-13-4-7-17-36(31)43-39(32)25-29)35-16-6-3-12-30(35)33-15-9-19-38-40(33)34-14-5-8-18-37(34)42-38/h1-25H. The third-order valence-corrected chi connectivity index (χ3v) is 8.45. The number of furan rings is 2. The Morgan fingerprint density at radius 1 is 0.372 bits per heavy atom. The van der Waals surface area contributed by atoms with Gasteiger partial charge in [-0.2, -0.15) is 0 Å². The fourth-order valence-corrected chi connectivity index (χ4v) is 6.49. The predicted molar refractivity (Wildman–Crippen MR) is 179 cm³/mol. The minimum atomic E-state index is 0.866. The SMILES string of the molecule is c1ccc(N(c2ccc3ccccc3c2)c2ccc3c(c2)oc2ccccc23)c(-c2cccc3oc4ccccc4c23)c1. The van der Waals surface area contributed by atoms with E-state index in [1.165, 1.54) is 10.8 Å². The quantitative estimate of drug-likeness (QED) is 0.218. The first-order chi connectivity index (χ1) is 21.3. The molecule has 7 aromatic carbocycles. The first kappa shape index (κ1) is 23.9. The van der Waals surface area contributed by atoms with Gasteiger partial charge in [-0.25, -0.2) is 0 Å². The van der Waals surface area contributed by atoms with E-state index in [1.54, 1.807) is 0 Å². The molecule has 9 rings (SSSR count). The van der Waals surface area contributed by atoms with Crippen molar-refractivity contribution in [3.05, 3.63) is 152 Å². The van der Waals surface area contributed by atoms with Crippen LogP contribution in [0.2, 0.25) is 0 Å². The molecule has 0 bridgehead atoms. The molecule has 202 valence electrons. The fourth-order valence-electron chi connectivity index (χ4n) is 6.49. The van der Waals surface area contributed by atoms with Crippen molar-refractivity contribution in [3.63, 3.8) is 0 Å². The van der Waals surface area contributed by atoms with Crippen molar-refractivity contribution in [2.45, 2.75) is 0 Å². The molecule has 0 aliphatic carbocycles. The first-order valence-electron chi connectivity index (χ1n) is 14.5. The molecular formula is C40H25NO2. The summed E-state index contributed by atoms with van der Waals surface area (Å²) in [5.41, 5.74) is 8.97. The predicted octanol–water partition coefficient (Wildman–Crippen LogP) is 11.8. The lowest BCUT2D eigenvalue weighted by atomic mass is 9.96. The van der Waals surface area contributed by atoms with Crippen LogP contribution < -0.4 is 4.90 Å². The molecule has 0 aliphatic heterocycles. The topological polar surface area (TPSA) is 29.5 Å². The van der Waals surface area contributed by atoms with Gasteiger partial charge in [-0.15, -0.1) is 0 Å². The number of benzene rings is 7. The van der Waals surface area contributed by atoms with Gasteiger partial charge in [0.25, 0.3) is 0 Å². The minimum Gasteiger partial charge on any atom is -0.456 e. The van der Waals surface area contributed by atoms with Crippen molar-refractivity contribution in [2.75, 3.05) is 4.90 Å². The number of para-hydroxylation sites is 3. The highest BCUT2D eigenvalue weighted by molar-refractivity contribution is 6.14. The molecule has 2 heterocycles. The summed E-state index contributed by atoms with van der Waals surface area (Å²) in [5, 5.41) is 6.87.